The SMILES string of the molecule is Cc1ccc(NC(=O)Nc2cncc(-c3ccc(OCC4CCN(C(=O)O)C4)c(C)c3)n2)cn1. The highest BCUT2D eigenvalue weighted by atomic mass is 16.5. The number of hydrogen-bond donors (Lipinski definition) is 3. The first-order valence-corrected chi connectivity index (χ1v) is 10.9. The zero-order valence-electron chi connectivity index (χ0n) is 19.0. The van der Waals surface area contributed by atoms with Crippen LogP contribution in [0.4, 0.5) is 21.1 Å². The van der Waals surface area contributed by atoms with Crippen LogP contribution in [-0.4, -0.2) is 56.8 Å². The Hall–Kier alpha value is -4.21. The van der Waals surface area contributed by atoms with Crippen LogP contribution in [-0.2, 0) is 0 Å². The Morgan fingerprint density at radius 1 is 1.15 bits per heavy atom. The molecule has 0 saturated carbocycles. The summed E-state index contributed by atoms with van der Waals surface area (Å²) in [5.41, 5.74) is 3.81. The highest BCUT2D eigenvalue weighted by Gasteiger charge is 2.26. The zero-order chi connectivity index (χ0) is 24.1. The van der Waals surface area contributed by atoms with Crippen LogP contribution in [0.5, 0.6) is 5.75 Å². The molecule has 3 heterocycles. The molecule has 1 fully saturated rings. The molecule has 1 aliphatic heterocycles. The van der Waals surface area contributed by atoms with E-state index >= 15 is 0 Å². The van der Waals surface area contributed by atoms with Gasteiger partial charge < -0.3 is 20.1 Å². The fourth-order valence-corrected chi connectivity index (χ4v) is 3.71. The number of hydrogen-bond acceptors (Lipinski definition) is 6. The second-order valence-corrected chi connectivity index (χ2v) is 8.23. The first-order valence-electron chi connectivity index (χ1n) is 10.9. The van der Waals surface area contributed by atoms with Crippen LogP contribution in [0.15, 0.2) is 48.9 Å². The van der Waals surface area contributed by atoms with Crippen molar-refractivity contribution in [2.75, 3.05) is 30.3 Å². The molecule has 0 radical (unpaired) electrons. The number of aromatic nitrogens is 3. The minimum Gasteiger partial charge on any atom is -0.493 e. The molecule has 1 saturated heterocycles. The van der Waals surface area contributed by atoms with E-state index in [9.17, 15) is 9.59 Å². The molecule has 0 spiro atoms. The highest BCUT2D eigenvalue weighted by molar-refractivity contribution is 5.99. The quantitative estimate of drug-likeness (QED) is 0.501. The summed E-state index contributed by atoms with van der Waals surface area (Å²) in [4.78, 5) is 37.6. The van der Waals surface area contributed by atoms with Gasteiger partial charge in [0.2, 0.25) is 0 Å². The van der Waals surface area contributed by atoms with Gasteiger partial charge in [0.1, 0.15) is 5.75 Å². The number of benzene rings is 1. The fourth-order valence-electron chi connectivity index (χ4n) is 3.71. The van der Waals surface area contributed by atoms with Crippen LogP contribution in [0, 0.1) is 19.8 Å². The summed E-state index contributed by atoms with van der Waals surface area (Å²) in [5.74, 6) is 1.24. The number of rotatable bonds is 6. The second kappa shape index (κ2) is 10.2. The van der Waals surface area contributed by atoms with Gasteiger partial charge in [-0.1, -0.05) is 0 Å². The zero-order valence-corrected chi connectivity index (χ0v) is 19.0. The largest absolute Gasteiger partial charge is 0.493 e. The number of carbonyl (C=O) groups excluding carboxylic acids is 1. The minimum atomic E-state index is -0.884. The summed E-state index contributed by atoms with van der Waals surface area (Å²) in [7, 11) is 0. The Labute approximate surface area is 197 Å². The number of aryl methyl sites for hydroxylation is 2. The maximum absolute atomic E-state index is 12.3. The van der Waals surface area contributed by atoms with Crippen LogP contribution in [0.3, 0.4) is 0 Å². The lowest BCUT2D eigenvalue weighted by Crippen LogP contribution is -2.27. The number of anilines is 2. The van der Waals surface area contributed by atoms with Crippen LogP contribution < -0.4 is 15.4 Å². The number of nitrogens with one attached hydrogen (secondary N) is 2. The monoisotopic (exact) mass is 462 g/mol. The van der Waals surface area contributed by atoms with Crippen molar-refractivity contribution < 1.29 is 19.4 Å². The van der Waals surface area contributed by atoms with Gasteiger partial charge in [0.25, 0.3) is 0 Å². The van der Waals surface area contributed by atoms with Crippen molar-refractivity contribution in [3.05, 3.63) is 60.2 Å². The van der Waals surface area contributed by atoms with Gasteiger partial charge in [-0.05, 0) is 56.2 Å². The van der Waals surface area contributed by atoms with E-state index in [1.807, 2.05) is 38.1 Å². The predicted molar refractivity (Wildman–Crippen MR) is 127 cm³/mol. The van der Waals surface area contributed by atoms with Gasteiger partial charge in [-0.2, -0.15) is 0 Å². The maximum Gasteiger partial charge on any atom is 0.407 e. The summed E-state index contributed by atoms with van der Waals surface area (Å²) >= 11 is 0. The summed E-state index contributed by atoms with van der Waals surface area (Å²) < 4.78 is 5.95. The number of carbonyl (C=O) groups is 2. The lowest BCUT2D eigenvalue weighted by atomic mass is 10.1. The van der Waals surface area contributed by atoms with E-state index in [0.717, 1.165) is 29.0 Å². The Morgan fingerprint density at radius 2 is 2.00 bits per heavy atom. The molecular weight excluding hydrogens is 436 g/mol. The van der Waals surface area contributed by atoms with Gasteiger partial charge in [0, 0.05) is 30.3 Å². The second-order valence-electron chi connectivity index (χ2n) is 8.23. The summed E-state index contributed by atoms with van der Waals surface area (Å²) in [6.07, 6.45) is 4.60. The van der Waals surface area contributed by atoms with Crippen molar-refractivity contribution in [3.8, 4) is 17.0 Å². The Kier molecular flexibility index (Phi) is 6.86. The smallest absolute Gasteiger partial charge is 0.407 e. The lowest BCUT2D eigenvalue weighted by Gasteiger charge is -2.15. The van der Waals surface area contributed by atoms with Crippen molar-refractivity contribution in [2.24, 2.45) is 5.92 Å². The Bertz CT molecular complexity index is 1180. The van der Waals surface area contributed by atoms with E-state index in [1.54, 1.807) is 18.5 Å². The normalized spacial score (nSPS) is 15.1. The third-order valence-electron chi connectivity index (χ3n) is 5.55. The molecular formula is C24H26N6O4. The van der Waals surface area contributed by atoms with E-state index in [1.165, 1.54) is 11.1 Å². The maximum atomic E-state index is 12.3. The summed E-state index contributed by atoms with van der Waals surface area (Å²) in [5, 5.41) is 14.5. The molecule has 34 heavy (non-hydrogen) atoms. The molecule has 3 amide bonds. The Morgan fingerprint density at radius 3 is 2.71 bits per heavy atom. The van der Waals surface area contributed by atoms with Crippen molar-refractivity contribution in [2.45, 2.75) is 20.3 Å². The molecule has 1 aliphatic rings. The van der Waals surface area contributed by atoms with Gasteiger partial charge in [-0.3, -0.25) is 15.3 Å². The van der Waals surface area contributed by atoms with Gasteiger partial charge in [-0.25, -0.2) is 14.6 Å². The molecule has 2 aromatic heterocycles. The predicted octanol–water partition coefficient (Wildman–Crippen LogP) is 4.18. The minimum absolute atomic E-state index is 0.186. The standard InChI is InChI=1S/C24H26N6O4/c1-15-9-18(4-6-21(15)34-14-17-7-8-30(13-17)24(32)33)20-11-25-12-22(28-20)29-23(31)27-19-5-3-16(2)26-10-19/h3-6,9-12,17H,7-8,13-14H2,1-2H3,(H,32,33)(H2,27,28,29,31). The fraction of sp³-hybridized carbons (Fsp3) is 0.292. The third-order valence-corrected chi connectivity index (χ3v) is 5.55. The van der Waals surface area contributed by atoms with Crippen LogP contribution in [0.25, 0.3) is 11.3 Å². The topological polar surface area (TPSA) is 130 Å². The van der Waals surface area contributed by atoms with Crippen LogP contribution in [0.1, 0.15) is 17.7 Å². The van der Waals surface area contributed by atoms with E-state index in [2.05, 4.69) is 25.6 Å². The van der Waals surface area contributed by atoms with Crippen molar-refractivity contribution in [3.63, 3.8) is 0 Å². The number of pyridine rings is 1. The first-order chi connectivity index (χ1) is 16.4. The van der Waals surface area contributed by atoms with Gasteiger partial charge in [0.15, 0.2) is 5.82 Å². The molecule has 1 atom stereocenters. The molecule has 0 aliphatic carbocycles. The molecule has 4 rings (SSSR count). The van der Waals surface area contributed by atoms with Crippen molar-refractivity contribution in [1.82, 2.24) is 19.9 Å². The molecule has 10 nitrogen and oxygen atoms in total. The average molecular weight is 463 g/mol. The lowest BCUT2D eigenvalue weighted by molar-refractivity contribution is 0.151. The third kappa shape index (κ3) is 5.77. The molecule has 1 unspecified atom stereocenters. The van der Waals surface area contributed by atoms with Crippen LogP contribution >= 0.6 is 0 Å². The van der Waals surface area contributed by atoms with Crippen molar-refractivity contribution in [1.29, 1.82) is 0 Å². The number of carboxylic acid groups (broad SMARTS) is 1. The van der Waals surface area contributed by atoms with E-state index < -0.39 is 12.1 Å². The molecule has 1 aromatic carbocycles. The van der Waals surface area contributed by atoms with Crippen LogP contribution in [0.2, 0.25) is 0 Å². The molecule has 3 N–H and O–H groups in total. The van der Waals surface area contributed by atoms with Crippen molar-refractivity contribution >= 4 is 23.6 Å². The number of ether oxygens (including phenoxy) is 1. The van der Waals surface area contributed by atoms with E-state index in [-0.39, 0.29) is 5.92 Å². The molecule has 10 heteroatoms. The van der Waals surface area contributed by atoms with E-state index in [0.29, 0.717) is 36.9 Å². The average Bonchev–Trinajstić information content (AvgIpc) is 3.29. The summed E-state index contributed by atoms with van der Waals surface area (Å²) in [6.45, 7) is 5.32. The number of nitrogens with zero attached hydrogens (tertiary/aromatic N) is 4. The Balaban J connectivity index is 1.37. The highest BCUT2D eigenvalue weighted by Crippen LogP contribution is 2.27. The molecule has 176 valence electrons. The van der Waals surface area contributed by atoms with Gasteiger partial charge in [0.05, 0.1) is 36.6 Å². The molecule has 3 aromatic rings. The first kappa shape index (κ1) is 23.0. The molecule has 0 bridgehead atoms. The van der Waals surface area contributed by atoms with Gasteiger partial charge >= 0.3 is 12.1 Å². The van der Waals surface area contributed by atoms with Gasteiger partial charge in [-0.15, -0.1) is 0 Å². The van der Waals surface area contributed by atoms with E-state index in [4.69, 9.17) is 9.84 Å². The number of urea groups is 1. The number of likely N-dealkylation sites (tertiary alicyclic amines) is 1. The number of amides is 3. The summed E-state index contributed by atoms with van der Waals surface area (Å²) in [6, 6.07) is 8.83.